The topological polar surface area (TPSA) is 61.0 Å². The lowest BCUT2D eigenvalue weighted by Gasteiger charge is -2.10. The Morgan fingerprint density at radius 1 is 1.75 bits per heavy atom. The van der Waals surface area contributed by atoms with Crippen LogP contribution in [-0.2, 0) is 6.54 Å². The smallest absolute Gasteiger partial charge is 0.317 e. The van der Waals surface area contributed by atoms with Crippen LogP contribution < -0.4 is 5.32 Å². The Labute approximate surface area is 70.8 Å². The monoisotopic (exact) mass is 168 g/mol. The number of carbonyl (C=O) groups excluding carboxylic acids is 1. The van der Waals surface area contributed by atoms with Crippen molar-refractivity contribution in [2.75, 3.05) is 14.1 Å². The minimum atomic E-state index is -0.107. The van der Waals surface area contributed by atoms with E-state index in [0.29, 0.717) is 6.54 Å². The van der Waals surface area contributed by atoms with Gasteiger partial charge in [0.25, 0.3) is 0 Å². The van der Waals surface area contributed by atoms with Crippen LogP contribution in [0.3, 0.4) is 0 Å². The zero-order chi connectivity index (χ0) is 8.97. The summed E-state index contributed by atoms with van der Waals surface area (Å²) in [5.41, 5.74) is 0.894. The summed E-state index contributed by atoms with van der Waals surface area (Å²) in [6.07, 6.45) is 3.26. The molecule has 0 saturated heterocycles. The van der Waals surface area contributed by atoms with E-state index >= 15 is 0 Å². The summed E-state index contributed by atoms with van der Waals surface area (Å²) in [7, 11) is 3.39. The Morgan fingerprint density at radius 3 is 3.00 bits per heavy atom. The highest BCUT2D eigenvalue weighted by Crippen LogP contribution is 1.89. The zero-order valence-corrected chi connectivity index (χ0v) is 7.16. The van der Waals surface area contributed by atoms with Gasteiger partial charge < -0.3 is 15.2 Å². The van der Waals surface area contributed by atoms with Gasteiger partial charge in [-0.3, -0.25) is 0 Å². The SMILES string of the molecule is CN(C)C(=O)NCc1cnc[nH]1. The van der Waals surface area contributed by atoms with Gasteiger partial charge in [-0.1, -0.05) is 0 Å². The molecular formula is C7H12N4O. The van der Waals surface area contributed by atoms with E-state index in [1.807, 2.05) is 0 Å². The Hall–Kier alpha value is -1.52. The fourth-order valence-electron chi connectivity index (χ4n) is 0.710. The van der Waals surface area contributed by atoms with E-state index in [9.17, 15) is 4.79 Å². The molecule has 0 bridgehead atoms. The van der Waals surface area contributed by atoms with Gasteiger partial charge in [0.15, 0.2) is 0 Å². The first kappa shape index (κ1) is 8.58. The average molecular weight is 168 g/mol. The van der Waals surface area contributed by atoms with Crippen LogP contribution in [0.2, 0.25) is 0 Å². The van der Waals surface area contributed by atoms with Crippen molar-refractivity contribution in [1.29, 1.82) is 0 Å². The molecule has 0 aliphatic heterocycles. The lowest BCUT2D eigenvalue weighted by molar-refractivity contribution is 0.217. The van der Waals surface area contributed by atoms with Crippen molar-refractivity contribution >= 4 is 6.03 Å². The number of nitrogens with one attached hydrogen (secondary N) is 2. The lowest BCUT2D eigenvalue weighted by atomic mass is 10.5. The van der Waals surface area contributed by atoms with Gasteiger partial charge in [-0.15, -0.1) is 0 Å². The van der Waals surface area contributed by atoms with Gasteiger partial charge in [0, 0.05) is 20.3 Å². The number of carbonyl (C=O) groups is 1. The molecule has 5 heteroatoms. The second-order valence-electron chi connectivity index (χ2n) is 2.63. The molecule has 0 unspecified atom stereocenters. The fourth-order valence-corrected chi connectivity index (χ4v) is 0.710. The maximum Gasteiger partial charge on any atom is 0.317 e. The summed E-state index contributed by atoms with van der Waals surface area (Å²) in [4.78, 5) is 19.2. The van der Waals surface area contributed by atoms with Crippen molar-refractivity contribution in [3.05, 3.63) is 18.2 Å². The van der Waals surface area contributed by atoms with Crippen LogP contribution in [-0.4, -0.2) is 35.0 Å². The van der Waals surface area contributed by atoms with Gasteiger partial charge in [0.2, 0.25) is 0 Å². The average Bonchev–Trinajstić information content (AvgIpc) is 2.51. The first-order chi connectivity index (χ1) is 5.70. The number of rotatable bonds is 2. The molecule has 66 valence electrons. The maximum absolute atomic E-state index is 11.0. The van der Waals surface area contributed by atoms with Crippen LogP contribution in [0.4, 0.5) is 4.79 Å². The summed E-state index contributed by atoms with van der Waals surface area (Å²) in [6.45, 7) is 0.483. The van der Waals surface area contributed by atoms with Crippen molar-refractivity contribution in [3.63, 3.8) is 0 Å². The molecule has 0 fully saturated rings. The third-order valence-electron chi connectivity index (χ3n) is 1.39. The Balaban J connectivity index is 2.32. The number of imidazole rings is 1. The van der Waals surface area contributed by atoms with Crippen LogP contribution in [0, 0.1) is 0 Å². The molecule has 1 heterocycles. The zero-order valence-electron chi connectivity index (χ0n) is 7.16. The molecular weight excluding hydrogens is 156 g/mol. The molecule has 12 heavy (non-hydrogen) atoms. The molecule has 5 nitrogen and oxygen atoms in total. The van der Waals surface area contributed by atoms with Gasteiger partial charge in [0.1, 0.15) is 0 Å². The number of aromatic amines is 1. The van der Waals surface area contributed by atoms with Crippen LogP contribution >= 0.6 is 0 Å². The first-order valence-electron chi connectivity index (χ1n) is 3.62. The molecule has 0 atom stereocenters. The molecule has 0 aliphatic carbocycles. The predicted molar refractivity (Wildman–Crippen MR) is 44.5 cm³/mol. The molecule has 2 N–H and O–H groups in total. The second kappa shape index (κ2) is 3.75. The van der Waals surface area contributed by atoms with E-state index in [4.69, 9.17) is 0 Å². The number of amides is 2. The summed E-state index contributed by atoms with van der Waals surface area (Å²) in [5.74, 6) is 0. The molecule has 0 spiro atoms. The third-order valence-corrected chi connectivity index (χ3v) is 1.39. The largest absolute Gasteiger partial charge is 0.347 e. The van der Waals surface area contributed by atoms with Gasteiger partial charge in [-0.25, -0.2) is 9.78 Å². The molecule has 0 aromatic carbocycles. The summed E-state index contributed by atoms with van der Waals surface area (Å²) in [6, 6.07) is -0.107. The highest BCUT2D eigenvalue weighted by Gasteiger charge is 2.01. The minimum absolute atomic E-state index is 0.107. The van der Waals surface area contributed by atoms with Crippen LogP contribution in [0.5, 0.6) is 0 Å². The summed E-state index contributed by atoms with van der Waals surface area (Å²) in [5, 5.41) is 2.70. The number of urea groups is 1. The predicted octanol–water partition coefficient (Wildman–Crippen LogP) is 0.181. The highest BCUT2D eigenvalue weighted by atomic mass is 16.2. The van der Waals surface area contributed by atoms with E-state index in [1.54, 1.807) is 26.6 Å². The fraction of sp³-hybridized carbons (Fsp3) is 0.429. The second-order valence-corrected chi connectivity index (χ2v) is 2.63. The number of H-pyrrole nitrogens is 1. The highest BCUT2D eigenvalue weighted by molar-refractivity contribution is 5.73. The third kappa shape index (κ3) is 2.26. The van der Waals surface area contributed by atoms with Crippen molar-refractivity contribution < 1.29 is 4.79 Å². The quantitative estimate of drug-likeness (QED) is 0.661. The molecule has 0 saturated carbocycles. The number of hydrogen-bond donors (Lipinski definition) is 2. The summed E-state index contributed by atoms with van der Waals surface area (Å²) >= 11 is 0. The Kier molecular flexibility index (Phi) is 2.68. The Bertz CT molecular complexity index is 242. The first-order valence-corrected chi connectivity index (χ1v) is 3.62. The molecule has 0 aliphatic rings. The van der Waals surface area contributed by atoms with Crippen molar-refractivity contribution in [2.24, 2.45) is 0 Å². The van der Waals surface area contributed by atoms with Crippen molar-refractivity contribution in [3.8, 4) is 0 Å². The Morgan fingerprint density at radius 2 is 2.50 bits per heavy atom. The van der Waals surface area contributed by atoms with Crippen LogP contribution in [0.15, 0.2) is 12.5 Å². The van der Waals surface area contributed by atoms with Crippen molar-refractivity contribution in [2.45, 2.75) is 6.54 Å². The van der Waals surface area contributed by atoms with Crippen molar-refractivity contribution in [1.82, 2.24) is 20.2 Å². The minimum Gasteiger partial charge on any atom is -0.347 e. The molecule has 2 amide bonds. The van der Waals surface area contributed by atoms with E-state index in [0.717, 1.165) is 5.69 Å². The number of nitrogens with zero attached hydrogens (tertiary/aromatic N) is 2. The maximum atomic E-state index is 11.0. The molecule has 1 rings (SSSR count). The van der Waals surface area contributed by atoms with Gasteiger partial charge >= 0.3 is 6.03 Å². The van der Waals surface area contributed by atoms with Gasteiger partial charge in [-0.05, 0) is 0 Å². The number of hydrogen-bond acceptors (Lipinski definition) is 2. The van der Waals surface area contributed by atoms with E-state index in [1.165, 1.54) is 4.90 Å². The van der Waals surface area contributed by atoms with E-state index < -0.39 is 0 Å². The number of aromatic nitrogens is 2. The molecule has 1 aromatic rings. The normalized spacial score (nSPS) is 9.50. The molecule has 1 aromatic heterocycles. The van der Waals surface area contributed by atoms with E-state index in [2.05, 4.69) is 15.3 Å². The van der Waals surface area contributed by atoms with Crippen LogP contribution in [0.1, 0.15) is 5.69 Å². The van der Waals surface area contributed by atoms with E-state index in [-0.39, 0.29) is 6.03 Å². The van der Waals surface area contributed by atoms with Gasteiger partial charge in [-0.2, -0.15) is 0 Å². The van der Waals surface area contributed by atoms with Crippen LogP contribution in [0.25, 0.3) is 0 Å². The lowest BCUT2D eigenvalue weighted by Crippen LogP contribution is -2.33. The summed E-state index contributed by atoms with van der Waals surface area (Å²) < 4.78 is 0. The standard InChI is InChI=1S/C7H12N4O/c1-11(2)7(12)9-4-6-3-8-5-10-6/h3,5H,4H2,1-2H3,(H,8,10)(H,9,12). The molecule has 0 radical (unpaired) electrons. The van der Waals surface area contributed by atoms with Gasteiger partial charge in [0.05, 0.1) is 18.6 Å².